The highest BCUT2D eigenvalue weighted by molar-refractivity contribution is 8.04. The molecule has 82 valence electrons. The molecule has 0 heterocycles. The second-order valence-electron chi connectivity index (χ2n) is 5.21. The molecule has 15 heavy (non-hydrogen) atoms. The van der Waals surface area contributed by atoms with Crippen molar-refractivity contribution in [2.24, 2.45) is 17.3 Å². The second kappa shape index (κ2) is 2.72. The first-order valence-electron chi connectivity index (χ1n) is 5.22. The Morgan fingerprint density at radius 2 is 2.13 bits per heavy atom. The number of hydrogen-bond acceptors (Lipinski definition) is 4. The van der Waals surface area contributed by atoms with Gasteiger partial charge in [-0.3, -0.25) is 0 Å². The van der Waals surface area contributed by atoms with E-state index in [2.05, 4.69) is 5.40 Å². The fourth-order valence-corrected chi connectivity index (χ4v) is 6.40. The lowest BCUT2D eigenvalue weighted by Crippen LogP contribution is -2.46. The van der Waals surface area contributed by atoms with Gasteiger partial charge in [-0.25, -0.2) is 8.42 Å². The third kappa shape index (κ3) is 1.15. The van der Waals surface area contributed by atoms with Crippen LogP contribution in [0.3, 0.4) is 0 Å². The predicted molar refractivity (Wildman–Crippen MR) is 58.9 cm³/mol. The molecule has 3 fully saturated rings. The average molecular weight is 243 g/mol. The Morgan fingerprint density at radius 1 is 1.40 bits per heavy atom. The first kappa shape index (κ1) is 9.98. The minimum absolute atomic E-state index is 0.105. The summed E-state index contributed by atoms with van der Waals surface area (Å²) in [7, 11) is -2.86. The molecule has 0 aliphatic heterocycles. The van der Waals surface area contributed by atoms with Crippen molar-refractivity contribution in [3.63, 3.8) is 0 Å². The van der Waals surface area contributed by atoms with E-state index in [1.54, 1.807) is 0 Å². The predicted octanol–water partition coefficient (Wildman–Crippen LogP) is 1.41. The van der Waals surface area contributed by atoms with Crippen molar-refractivity contribution in [2.45, 2.75) is 29.8 Å². The van der Waals surface area contributed by atoms with E-state index >= 15 is 0 Å². The zero-order valence-corrected chi connectivity index (χ0v) is 10.1. The maximum Gasteiger partial charge on any atom is 0.150 e. The number of hydrogen-bond donors (Lipinski definition) is 0. The van der Waals surface area contributed by atoms with Crippen LogP contribution in [0.25, 0.3) is 0 Å². The Kier molecular flexibility index (Phi) is 1.81. The fourth-order valence-electron chi connectivity index (χ4n) is 3.84. The summed E-state index contributed by atoms with van der Waals surface area (Å²) in [5.74, 6) is 1.01. The van der Waals surface area contributed by atoms with Gasteiger partial charge in [0.05, 0.1) is 5.25 Å². The number of sulfone groups is 1. The number of rotatable bonds is 2. The molecule has 0 aromatic rings. The number of thiocyanates is 1. The summed E-state index contributed by atoms with van der Waals surface area (Å²) >= 11 is 1.35. The van der Waals surface area contributed by atoms with Crippen LogP contribution in [0.5, 0.6) is 0 Å². The lowest BCUT2D eigenvalue weighted by atomic mass is 9.71. The van der Waals surface area contributed by atoms with Gasteiger partial charge in [-0.1, -0.05) is 0 Å². The Morgan fingerprint density at radius 3 is 2.73 bits per heavy atom. The largest absolute Gasteiger partial charge is 0.229 e. The smallest absolute Gasteiger partial charge is 0.150 e. The van der Waals surface area contributed by atoms with Crippen LogP contribution in [0.4, 0.5) is 0 Å². The highest BCUT2D eigenvalue weighted by Crippen LogP contribution is 2.78. The summed E-state index contributed by atoms with van der Waals surface area (Å²) < 4.78 is 23.0. The van der Waals surface area contributed by atoms with Crippen molar-refractivity contribution >= 4 is 21.6 Å². The van der Waals surface area contributed by atoms with Crippen LogP contribution < -0.4 is 0 Å². The summed E-state index contributed by atoms with van der Waals surface area (Å²) in [5.41, 5.74) is 0.349. The molecule has 0 aromatic heterocycles. The summed E-state index contributed by atoms with van der Waals surface area (Å²) in [5, 5.41) is 11.1. The molecule has 3 aliphatic carbocycles. The topological polar surface area (TPSA) is 57.9 Å². The first-order valence-corrected chi connectivity index (χ1v) is 8.06. The highest BCUT2D eigenvalue weighted by atomic mass is 32.2. The standard InChI is InChI=1S/C10H13NO2S2/c1-15(12,13)9-4-10-3-7(10)8(14-5-11)2-6(9)10/h6-9H,2-4H2,1H3. The number of thioether (sulfide) groups is 1. The van der Waals surface area contributed by atoms with E-state index < -0.39 is 9.84 Å². The summed E-state index contributed by atoms with van der Waals surface area (Å²) in [4.78, 5) is 0. The molecule has 0 bridgehead atoms. The molecule has 3 saturated carbocycles. The maximum absolute atomic E-state index is 11.5. The SMILES string of the molecule is CS(=O)(=O)C1CC23CC2C(SC#N)CC13. The Bertz CT molecular complexity index is 453. The van der Waals surface area contributed by atoms with E-state index in [-0.39, 0.29) is 5.25 Å². The van der Waals surface area contributed by atoms with Gasteiger partial charge < -0.3 is 0 Å². The quantitative estimate of drug-likeness (QED) is 0.688. The van der Waals surface area contributed by atoms with Gasteiger partial charge >= 0.3 is 0 Å². The van der Waals surface area contributed by atoms with E-state index in [0.29, 0.717) is 22.5 Å². The first-order chi connectivity index (χ1) is 6.99. The number of nitrogens with zero attached hydrogens (tertiary/aromatic N) is 1. The van der Waals surface area contributed by atoms with E-state index in [1.807, 2.05) is 0 Å². The molecule has 0 saturated heterocycles. The fraction of sp³-hybridized carbons (Fsp3) is 0.900. The molecule has 5 atom stereocenters. The van der Waals surface area contributed by atoms with Gasteiger partial charge in [0, 0.05) is 11.5 Å². The minimum atomic E-state index is -2.86. The van der Waals surface area contributed by atoms with Crippen molar-refractivity contribution in [2.75, 3.05) is 6.26 Å². The third-order valence-corrected chi connectivity index (χ3v) is 7.16. The zero-order chi connectivity index (χ0) is 10.8. The van der Waals surface area contributed by atoms with Crippen LogP contribution >= 0.6 is 11.8 Å². The van der Waals surface area contributed by atoms with Gasteiger partial charge in [0.15, 0.2) is 9.84 Å². The Hall–Kier alpha value is -0.210. The van der Waals surface area contributed by atoms with Crippen molar-refractivity contribution in [1.82, 2.24) is 0 Å². The molecule has 3 rings (SSSR count). The van der Waals surface area contributed by atoms with E-state index in [0.717, 1.165) is 12.8 Å². The van der Waals surface area contributed by atoms with Crippen molar-refractivity contribution in [3.8, 4) is 5.40 Å². The number of nitriles is 1. The van der Waals surface area contributed by atoms with Crippen LogP contribution in [0.15, 0.2) is 0 Å². The maximum atomic E-state index is 11.5. The third-order valence-electron chi connectivity index (χ3n) is 4.64. The molecule has 0 aromatic carbocycles. The molecule has 5 unspecified atom stereocenters. The molecule has 0 radical (unpaired) electrons. The molecule has 1 spiro atoms. The van der Waals surface area contributed by atoms with Crippen molar-refractivity contribution < 1.29 is 8.42 Å². The lowest BCUT2D eigenvalue weighted by molar-refractivity contribution is 0.170. The monoisotopic (exact) mass is 243 g/mol. The van der Waals surface area contributed by atoms with Crippen LogP contribution in [-0.2, 0) is 9.84 Å². The molecular formula is C10H13NO2S2. The molecule has 3 nitrogen and oxygen atoms in total. The molecule has 0 amide bonds. The Balaban J connectivity index is 1.80. The van der Waals surface area contributed by atoms with Gasteiger partial charge in [-0.2, -0.15) is 5.26 Å². The van der Waals surface area contributed by atoms with E-state index in [4.69, 9.17) is 5.26 Å². The normalized spacial score (nSPS) is 51.2. The minimum Gasteiger partial charge on any atom is -0.229 e. The van der Waals surface area contributed by atoms with Crippen molar-refractivity contribution in [3.05, 3.63) is 0 Å². The van der Waals surface area contributed by atoms with Crippen LogP contribution in [-0.4, -0.2) is 25.2 Å². The van der Waals surface area contributed by atoms with Gasteiger partial charge in [-0.05, 0) is 48.3 Å². The van der Waals surface area contributed by atoms with Gasteiger partial charge in [0.2, 0.25) is 0 Å². The van der Waals surface area contributed by atoms with Gasteiger partial charge in [0.1, 0.15) is 5.40 Å². The lowest BCUT2D eigenvalue weighted by Gasteiger charge is -2.42. The van der Waals surface area contributed by atoms with Gasteiger partial charge in [0.25, 0.3) is 0 Å². The van der Waals surface area contributed by atoms with Crippen molar-refractivity contribution in [1.29, 1.82) is 5.26 Å². The molecular weight excluding hydrogens is 230 g/mol. The summed E-state index contributed by atoms with van der Waals surface area (Å²) in [6.45, 7) is 0. The average Bonchev–Trinajstić information content (AvgIpc) is 2.79. The molecule has 5 heteroatoms. The Labute approximate surface area is 94.1 Å². The zero-order valence-electron chi connectivity index (χ0n) is 8.51. The van der Waals surface area contributed by atoms with Gasteiger partial charge in [-0.15, -0.1) is 0 Å². The van der Waals surface area contributed by atoms with Crippen LogP contribution in [0, 0.1) is 27.9 Å². The van der Waals surface area contributed by atoms with E-state index in [1.165, 1.54) is 24.4 Å². The second-order valence-corrected chi connectivity index (χ2v) is 8.49. The molecule has 3 aliphatic rings. The summed E-state index contributed by atoms with van der Waals surface area (Å²) in [6.07, 6.45) is 4.33. The summed E-state index contributed by atoms with van der Waals surface area (Å²) in [6, 6.07) is 0. The molecule has 0 N–H and O–H groups in total. The van der Waals surface area contributed by atoms with E-state index in [9.17, 15) is 8.42 Å². The van der Waals surface area contributed by atoms with Crippen LogP contribution in [0.1, 0.15) is 19.3 Å². The van der Waals surface area contributed by atoms with Crippen LogP contribution in [0.2, 0.25) is 0 Å². The highest BCUT2D eigenvalue weighted by Gasteiger charge is 2.75.